The summed E-state index contributed by atoms with van der Waals surface area (Å²) in [4.78, 5) is 14.0. The Morgan fingerprint density at radius 3 is 2.56 bits per heavy atom. The average molecular weight is 365 g/mol. The highest BCUT2D eigenvalue weighted by molar-refractivity contribution is 7.13. The fourth-order valence-corrected chi connectivity index (χ4v) is 4.42. The number of aromatic nitrogens is 1. The summed E-state index contributed by atoms with van der Waals surface area (Å²) >= 11 is 1.78. The zero-order valence-electron chi connectivity index (χ0n) is 15.5. The van der Waals surface area contributed by atoms with Crippen LogP contribution in [0.2, 0.25) is 0 Å². The first-order chi connectivity index (χ1) is 12.3. The van der Waals surface area contributed by atoms with E-state index in [1.165, 1.54) is 69.1 Å². The number of aliphatic imine (C=N–C) groups is 1. The lowest BCUT2D eigenvalue weighted by Crippen LogP contribution is -2.43. The van der Waals surface area contributed by atoms with Gasteiger partial charge >= 0.3 is 0 Å². The second-order valence-corrected chi connectivity index (χ2v) is 7.73. The van der Waals surface area contributed by atoms with Crippen LogP contribution in [0.4, 0.5) is 5.13 Å². The molecule has 0 spiro atoms. The zero-order valence-corrected chi connectivity index (χ0v) is 16.3. The minimum atomic E-state index is 0.868. The molecule has 2 fully saturated rings. The monoisotopic (exact) mass is 364 g/mol. The molecule has 0 aliphatic carbocycles. The average Bonchev–Trinajstić information content (AvgIpc) is 3.33. The van der Waals surface area contributed by atoms with Crippen LogP contribution < -0.4 is 15.5 Å². The van der Waals surface area contributed by atoms with Gasteiger partial charge < -0.3 is 20.4 Å². The van der Waals surface area contributed by atoms with Crippen molar-refractivity contribution < 1.29 is 0 Å². The number of thiazole rings is 1. The van der Waals surface area contributed by atoms with E-state index in [9.17, 15) is 0 Å². The Morgan fingerprint density at radius 1 is 1.08 bits per heavy atom. The molecule has 0 aromatic carbocycles. The van der Waals surface area contributed by atoms with E-state index in [0.29, 0.717) is 0 Å². The molecule has 2 aliphatic heterocycles. The summed E-state index contributed by atoms with van der Waals surface area (Å²) in [5, 5.41) is 10.2. The molecule has 2 saturated heterocycles. The van der Waals surface area contributed by atoms with Crippen molar-refractivity contribution in [2.75, 3.05) is 57.8 Å². The van der Waals surface area contributed by atoms with Gasteiger partial charge in [0.15, 0.2) is 11.1 Å². The van der Waals surface area contributed by atoms with Gasteiger partial charge in [-0.1, -0.05) is 6.42 Å². The lowest BCUT2D eigenvalue weighted by atomic mass is 10.1. The Hall–Kier alpha value is -1.34. The third kappa shape index (κ3) is 5.85. The zero-order chi connectivity index (χ0) is 17.3. The number of guanidine groups is 1. The summed E-state index contributed by atoms with van der Waals surface area (Å²) in [6.45, 7) is 7.75. The molecule has 0 saturated carbocycles. The summed E-state index contributed by atoms with van der Waals surface area (Å²) in [6.07, 6.45) is 7.63. The highest BCUT2D eigenvalue weighted by Gasteiger charge is 2.15. The molecule has 0 atom stereocenters. The minimum Gasteiger partial charge on any atom is -0.356 e. The summed E-state index contributed by atoms with van der Waals surface area (Å²) in [7, 11) is 1.84. The maximum Gasteiger partial charge on any atom is 0.191 e. The van der Waals surface area contributed by atoms with Crippen LogP contribution in [0.15, 0.2) is 10.4 Å². The molecule has 2 N–H and O–H groups in total. The van der Waals surface area contributed by atoms with Gasteiger partial charge in [-0.2, -0.15) is 0 Å². The van der Waals surface area contributed by atoms with Crippen LogP contribution in [-0.2, 0) is 6.42 Å². The molecule has 0 amide bonds. The van der Waals surface area contributed by atoms with Crippen molar-refractivity contribution in [1.29, 1.82) is 0 Å². The van der Waals surface area contributed by atoms with Crippen LogP contribution in [-0.4, -0.2) is 68.7 Å². The molecule has 6 nitrogen and oxygen atoms in total. The molecular weight excluding hydrogens is 332 g/mol. The normalized spacial score (nSPS) is 19.4. The van der Waals surface area contributed by atoms with Gasteiger partial charge in [0.05, 0.1) is 5.69 Å². The molecule has 1 aromatic rings. The molecule has 0 radical (unpaired) electrons. The standard InChI is InChI=1S/C18H32N6S/c1-19-17(21-9-14-23-10-3-2-4-11-23)20-8-7-16-15-25-18(22-16)24-12-5-6-13-24/h15H,2-14H2,1H3,(H2,19,20,21). The highest BCUT2D eigenvalue weighted by Crippen LogP contribution is 2.24. The number of rotatable bonds is 7. The first kappa shape index (κ1) is 18.5. The molecule has 0 bridgehead atoms. The van der Waals surface area contributed by atoms with Crippen LogP contribution in [0.25, 0.3) is 0 Å². The predicted molar refractivity (Wildman–Crippen MR) is 107 cm³/mol. The number of hydrogen-bond donors (Lipinski definition) is 2. The van der Waals surface area contributed by atoms with E-state index in [2.05, 4.69) is 30.8 Å². The Kier molecular flexibility index (Phi) is 7.36. The SMILES string of the molecule is CN=C(NCCc1csc(N2CCCC2)n1)NCCN1CCCCC1. The Bertz CT molecular complexity index is 531. The highest BCUT2D eigenvalue weighted by atomic mass is 32.1. The van der Waals surface area contributed by atoms with Gasteiger partial charge in [-0.15, -0.1) is 11.3 Å². The van der Waals surface area contributed by atoms with Crippen molar-refractivity contribution in [1.82, 2.24) is 20.5 Å². The lowest BCUT2D eigenvalue weighted by molar-refractivity contribution is 0.232. The van der Waals surface area contributed by atoms with Gasteiger partial charge in [0, 0.05) is 51.6 Å². The Morgan fingerprint density at radius 2 is 1.80 bits per heavy atom. The number of hydrogen-bond acceptors (Lipinski definition) is 5. The topological polar surface area (TPSA) is 55.8 Å². The van der Waals surface area contributed by atoms with E-state index >= 15 is 0 Å². The van der Waals surface area contributed by atoms with Gasteiger partial charge in [0.25, 0.3) is 0 Å². The molecule has 3 rings (SSSR count). The molecule has 25 heavy (non-hydrogen) atoms. The summed E-state index contributed by atoms with van der Waals surface area (Å²) in [5.41, 5.74) is 1.18. The number of anilines is 1. The molecular formula is C18H32N6S. The van der Waals surface area contributed by atoms with Crippen LogP contribution in [0.5, 0.6) is 0 Å². The summed E-state index contributed by atoms with van der Waals surface area (Å²) < 4.78 is 0. The number of nitrogens with one attached hydrogen (secondary N) is 2. The fourth-order valence-electron chi connectivity index (χ4n) is 3.51. The minimum absolute atomic E-state index is 0.868. The Labute approximate surface area is 155 Å². The largest absolute Gasteiger partial charge is 0.356 e. The molecule has 2 aliphatic rings. The van der Waals surface area contributed by atoms with Gasteiger partial charge in [0.2, 0.25) is 0 Å². The first-order valence-electron chi connectivity index (χ1n) is 9.71. The van der Waals surface area contributed by atoms with Gasteiger partial charge in [-0.3, -0.25) is 4.99 Å². The quantitative estimate of drug-likeness (QED) is 0.572. The maximum atomic E-state index is 4.78. The number of nitrogens with zero attached hydrogens (tertiary/aromatic N) is 4. The van der Waals surface area contributed by atoms with E-state index in [-0.39, 0.29) is 0 Å². The maximum absolute atomic E-state index is 4.78. The third-order valence-corrected chi connectivity index (χ3v) is 5.93. The third-order valence-electron chi connectivity index (χ3n) is 4.98. The van der Waals surface area contributed by atoms with E-state index in [0.717, 1.165) is 32.0 Å². The number of likely N-dealkylation sites (tertiary alicyclic amines) is 1. The second-order valence-electron chi connectivity index (χ2n) is 6.89. The van der Waals surface area contributed by atoms with E-state index in [1.54, 1.807) is 11.3 Å². The fraction of sp³-hybridized carbons (Fsp3) is 0.778. The Balaban J connectivity index is 1.32. The van der Waals surface area contributed by atoms with E-state index in [1.807, 2.05) is 7.05 Å². The van der Waals surface area contributed by atoms with Gasteiger partial charge in [-0.25, -0.2) is 4.98 Å². The molecule has 7 heteroatoms. The van der Waals surface area contributed by atoms with Crippen LogP contribution in [0, 0.1) is 0 Å². The van der Waals surface area contributed by atoms with Crippen molar-refractivity contribution in [3.63, 3.8) is 0 Å². The van der Waals surface area contributed by atoms with Crippen LogP contribution in [0.1, 0.15) is 37.8 Å². The first-order valence-corrected chi connectivity index (χ1v) is 10.6. The van der Waals surface area contributed by atoms with Gasteiger partial charge in [-0.05, 0) is 38.8 Å². The predicted octanol–water partition coefficient (Wildman–Crippen LogP) is 1.94. The van der Waals surface area contributed by atoms with E-state index in [4.69, 9.17) is 4.98 Å². The van der Waals surface area contributed by atoms with Crippen LogP contribution >= 0.6 is 11.3 Å². The molecule has 1 aromatic heterocycles. The molecule has 0 unspecified atom stereocenters. The smallest absolute Gasteiger partial charge is 0.191 e. The lowest BCUT2D eigenvalue weighted by Gasteiger charge is -2.26. The second kappa shape index (κ2) is 9.97. The molecule has 3 heterocycles. The van der Waals surface area contributed by atoms with Crippen molar-refractivity contribution >= 4 is 22.4 Å². The van der Waals surface area contributed by atoms with Crippen LogP contribution in [0.3, 0.4) is 0 Å². The van der Waals surface area contributed by atoms with Crippen molar-refractivity contribution in [3.8, 4) is 0 Å². The van der Waals surface area contributed by atoms with Crippen molar-refractivity contribution in [2.45, 2.75) is 38.5 Å². The van der Waals surface area contributed by atoms with Crippen molar-refractivity contribution in [3.05, 3.63) is 11.1 Å². The van der Waals surface area contributed by atoms with E-state index < -0.39 is 0 Å². The summed E-state index contributed by atoms with van der Waals surface area (Å²) in [6, 6.07) is 0. The van der Waals surface area contributed by atoms with Gasteiger partial charge in [0.1, 0.15) is 0 Å². The van der Waals surface area contributed by atoms with Crippen molar-refractivity contribution in [2.24, 2.45) is 4.99 Å². The summed E-state index contributed by atoms with van der Waals surface area (Å²) in [5.74, 6) is 0.895. The molecule has 140 valence electrons. The number of piperidine rings is 1.